The second-order valence-electron chi connectivity index (χ2n) is 5.20. The van der Waals surface area contributed by atoms with Crippen LogP contribution in [-0.2, 0) is 6.42 Å². The molecule has 0 spiro atoms. The van der Waals surface area contributed by atoms with Gasteiger partial charge >= 0.3 is 0 Å². The zero-order valence-corrected chi connectivity index (χ0v) is 10.9. The van der Waals surface area contributed by atoms with E-state index in [-0.39, 0.29) is 0 Å². The van der Waals surface area contributed by atoms with Crippen molar-refractivity contribution in [1.82, 2.24) is 0 Å². The zero-order valence-electron chi connectivity index (χ0n) is 10.9. The van der Waals surface area contributed by atoms with E-state index in [9.17, 15) is 0 Å². The molecule has 2 N–H and O–H groups in total. The molecule has 0 saturated heterocycles. The Morgan fingerprint density at radius 3 is 2.47 bits per heavy atom. The van der Waals surface area contributed by atoms with E-state index in [0.29, 0.717) is 0 Å². The van der Waals surface area contributed by atoms with Gasteiger partial charge in [0.05, 0.1) is 0 Å². The Kier molecular flexibility index (Phi) is 2.02. The predicted octanol–water partition coefficient (Wildman–Crippen LogP) is 4.73. The lowest BCUT2D eigenvalue weighted by molar-refractivity contribution is 1.16. The van der Waals surface area contributed by atoms with E-state index in [1.807, 2.05) is 0 Å². The summed E-state index contributed by atoms with van der Waals surface area (Å²) in [6, 6.07) is 17.4. The molecule has 0 aliphatic heterocycles. The molecule has 4 rings (SSSR count). The largest absolute Gasteiger partial charge is 0.399 e. The fourth-order valence-corrected chi connectivity index (χ4v) is 3.24. The van der Waals surface area contributed by atoms with Crippen LogP contribution in [0.4, 0.5) is 5.69 Å². The predicted molar refractivity (Wildman–Crippen MR) is 83.9 cm³/mol. The van der Waals surface area contributed by atoms with Crippen molar-refractivity contribution in [2.75, 3.05) is 5.73 Å². The van der Waals surface area contributed by atoms with Gasteiger partial charge in [-0.1, -0.05) is 43.3 Å². The van der Waals surface area contributed by atoms with Gasteiger partial charge in [-0.05, 0) is 56.4 Å². The van der Waals surface area contributed by atoms with Crippen LogP contribution in [0.25, 0.3) is 32.3 Å². The maximum atomic E-state index is 6.02. The summed E-state index contributed by atoms with van der Waals surface area (Å²) in [5.74, 6) is 0. The summed E-state index contributed by atoms with van der Waals surface area (Å²) in [5.41, 5.74) is 8.26. The standard InChI is InChI=1S/C18H15N/c1-2-11-8-14-10-15(19)9-13-7-6-12-4-3-5-16(11)18(12)17(13)14/h3-10H,2,19H2,1H3. The molecule has 1 heteroatoms. The molecule has 0 aromatic heterocycles. The van der Waals surface area contributed by atoms with Crippen LogP contribution in [0.1, 0.15) is 12.5 Å². The van der Waals surface area contributed by atoms with Crippen molar-refractivity contribution in [3.63, 3.8) is 0 Å². The Bertz CT molecular complexity index is 906. The molecule has 4 aromatic rings. The number of benzene rings is 4. The van der Waals surface area contributed by atoms with Crippen molar-refractivity contribution in [3.05, 3.63) is 54.1 Å². The van der Waals surface area contributed by atoms with Gasteiger partial charge in [-0.3, -0.25) is 0 Å². The normalized spacial score (nSPS) is 11.8. The number of nitrogen functional groups attached to an aromatic ring is 1. The molecule has 0 aliphatic rings. The Hall–Kier alpha value is -2.28. The summed E-state index contributed by atoms with van der Waals surface area (Å²) in [7, 11) is 0. The molecule has 19 heavy (non-hydrogen) atoms. The van der Waals surface area contributed by atoms with Crippen molar-refractivity contribution in [1.29, 1.82) is 0 Å². The highest BCUT2D eigenvalue weighted by molar-refractivity contribution is 6.24. The van der Waals surface area contributed by atoms with Crippen LogP contribution in [0.3, 0.4) is 0 Å². The van der Waals surface area contributed by atoms with Crippen molar-refractivity contribution < 1.29 is 0 Å². The number of nitrogens with two attached hydrogens (primary N) is 1. The smallest absolute Gasteiger partial charge is 0.0326 e. The van der Waals surface area contributed by atoms with E-state index in [2.05, 4.69) is 55.5 Å². The maximum Gasteiger partial charge on any atom is 0.0326 e. The molecular formula is C18H15N. The highest BCUT2D eigenvalue weighted by atomic mass is 14.5. The molecule has 92 valence electrons. The summed E-state index contributed by atoms with van der Waals surface area (Å²) in [5, 5.41) is 7.92. The molecule has 0 heterocycles. The lowest BCUT2D eigenvalue weighted by atomic mass is 9.90. The number of hydrogen-bond donors (Lipinski definition) is 1. The van der Waals surface area contributed by atoms with Crippen LogP contribution >= 0.6 is 0 Å². The van der Waals surface area contributed by atoms with Gasteiger partial charge in [0, 0.05) is 5.69 Å². The third-order valence-electron chi connectivity index (χ3n) is 4.07. The summed E-state index contributed by atoms with van der Waals surface area (Å²) >= 11 is 0. The van der Waals surface area contributed by atoms with Crippen LogP contribution in [0, 0.1) is 0 Å². The van der Waals surface area contributed by atoms with E-state index in [1.165, 1.54) is 37.9 Å². The van der Waals surface area contributed by atoms with Crippen molar-refractivity contribution in [3.8, 4) is 0 Å². The van der Waals surface area contributed by atoms with Gasteiger partial charge in [-0.15, -0.1) is 0 Å². The molecule has 0 unspecified atom stereocenters. The topological polar surface area (TPSA) is 26.0 Å². The molecule has 1 nitrogen and oxygen atoms in total. The molecular weight excluding hydrogens is 230 g/mol. The van der Waals surface area contributed by atoms with Crippen LogP contribution in [0.15, 0.2) is 48.5 Å². The summed E-state index contributed by atoms with van der Waals surface area (Å²) in [6.07, 6.45) is 1.05. The minimum absolute atomic E-state index is 0.841. The molecule has 0 saturated carbocycles. The lowest BCUT2D eigenvalue weighted by Gasteiger charge is -2.14. The molecule has 0 atom stereocenters. The first-order valence-corrected chi connectivity index (χ1v) is 6.74. The van der Waals surface area contributed by atoms with Gasteiger partial charge in [0.2, 0.25) is 0 Å². The van der Waals surface area contributed by atoms with Crippen LogP contribution in [0.5, 0.6) is 0 Å². The molecule has 0 aliphatic carbocycles. The first kappa shape index (κ1) is 10.6. The summed E-state index contributed by atoms with van der Waals surface area (Å²) < 4.78 is 0. The second-order valence-corrected chi connectivity index (χ2v) is 5.20. The minimum Gasteiger partial charge on any atom is -0.399 e. The van der Waals surface area contributed by atoms with Crippen LogP contribution < -0.4 is 5.73 Å². The zero-order chi connectivity index (χ0) is 13.0. The summed E-state index contributed by atoms with van der Waals surface area (Å²) in [6.45, 7) is 2.21. The van der Waals surface area contributed by atoms with Crippen LogP contribution in [0.2, 0.25) is 0 Å². The third kappa shape index (κ3) is 1.36. The quantitative estimate of drug-likeness (QED) is 0.381. The first-order chi connectivity index (χ1) is 9.28. The van der Waals surface area contributed by atoms with Crippen LogP contribution in [-0.4, -0.2) is 0 Å². The fourth-order valence-electron chi connectivity index (χ4n) is 3.24. The lowest BCUT2D eigenvalue weighted by Crippen LogP contribution is -1.91. The van der Waals surface area contributed by atoms with E-state index < -0.39 is 0 Å². The third-order valence-corrected chi connectivity index (χ3v) is 4.07. The molecule has 0 fully saturated rings. The first-order valence-electron chi connectivity index (χ1n) is 6.74. The maximum absolute atomic E-state index is 6.02. The van der Waals surface area contributed by atoms with Crippen molar-refractivity contribution >= 4 is 38.0 Å². The second kappa shape index (κ2) is 3.61. The number of anilines is 1. The van der Waals surface area contributed by atoms with Gasteiger partial charge in [0.1, 0.15) is 0 Å². The molecule has 4 aromatic carbocycles. The van der Waals surface area contributed by atoms with Crippen molar-refractivity contribution in [2.45, 2.75) is 13.3 Å². The van der Waals surface area contributed by atoms with Crippen molar-refractivity contribution in [2.24, 2.45) is 0 Å². The van der Waals surface area contributed by atoms with E-state index in [1.54, 1.807) is 0 Å². The summed E-state index contributed by atoms with van der Waals surface area (Å²) in [4.78, 5) is 0. The Morgan fingerprint density at radius 1 is 0.842 bits per heavy atom. The monoisotopic (exact) mass is 245 g/mol. The van der Waals surface area contributed by atoms with E-state index in [4.69, 9.17) is 5.73 Å². The number of hydrogen-bond acceptors (Lipinski definition) is 1. The highest BCUT2D eigenvalue weighted by Crippen LogP contribution is 2.37. The fraction of sp³-hybridized carbons (Fsp3) is 0.111. The van der Waals surface area contributed by atoms with Gasteiger partial charge in [-0.2, -0.15) is 0 Å². The SMILES string of the molecule is CCc1cc2cc(N)cc3ccc4cccc1c4c32. The molecule has 0 amide bonds. The van der Waals surface area contributed by atoms with E-state index in [0.717, 1.165) is 12.1 Å². The Labute approximate surface area is 112 Å². The van der Waals surface area contributed by atoms with Gasteiger partial charge < -0.3 is 5.73 Å². The Balaban J connectivity index is 2.40. The van der Waals surface area contributed by atoms with Gasteiger partial charge in [0.25, 0.3) is 0 Å². The van der Waals surface area contributed by atoms with Gasteiger partial charge in [-0.25, -0.2) is 0 Å². The van der Waals surface area contributed by atoms with E-state index >= 15 is 0 Å². The number of aryl methyl sites for hydroxylation is 1. The highest BCUT2D eigenvalue weighted by Gasteiger charge is 2.11. The average Bonchev–Trinajstić information content (AvgIpc) is 2.43. The number of rotatable bonds is 1. The molecule has 0 bridgehead atoms. The Morgan fingerprint density at radius 2 is 1.63 bits per heavy atom. The molecule has 0 radical (unpaired) electrons. The average molecular weight is 245 g/mol. The minimum atomic E-state index is 0.841. The van der Waals surface area contributed by atoms with Gasteiger partial charge in [0.15, 0.2) is 0 Å².